The van der Waals surface area contributed by atoms with Crippen molar-refractivity contribution in [3.05, 3.63) is 65.2 Å². The summed E-state index contributed by atoms with van der Waals surface area (Å²) < 4.78 is 18.0. The number of benzene rings is 2. The lowest BCUT2D eigenvalue weighted by molar-refractivity contribution is 0.0218. The van der Waals surface area contributed by atoms with Gasteiger partial charge in [-0.25, -0.2) is 4.79 Å². The first-order valence-corrected chi connectivity index (χ1v) is 11.1. The van der Waals surface area contributed by atoms with Gasteiger partial charge in [-0.3, -0.25) is 0 Å². The van der Waals surface area contributed by atoms with E-state index in [0.717, 1.165) is 36.7 Å². The van der Waals surface area contributed by atoms with Gasteiger partial charge in [0.2, 0.25) is 0 Å². The van der Waals surface area contributed by atoms with E-state index in [1.165, 1.54) is 11.1 Å². The molecule has 3 atom stereocenters. The van der Waals surface area contributed by atoms with Crippen molar-refractivity contribution in [2.75, 3.05) is 39.7 Å². The van der Waals surface area contributed by atoms with Gasteiger partial charge in [0.05, 0.1) is 18.1 Å². The molecule has 2 aliphatic heterocycles. The standard InChI is InChI=1S/C26H30N2O4/c1-27(2)19-7-5-6-17(14-19)25(29)31-20-10-11-26-12-13-28(3)16-18-8-9-21(30-4)24(23(18)26)32-22(26)15-20/h5-11,14,20,22H,12-13,15-16H2,1-4H3/t20-,22?,26-/m0/s1. The van der Waals surface area contributed by atoms with Gasteiger partial charge in [0, 0.05) is 38.3 Å². The topological polar surface area (TPSA) is 51.2 Å². The van der Waals surface area contributed by atoms with Crippen LogP contribution < -0.4 is 14.4 Å². The smallest absolute Gasteiger partial charge is 0.338 e. The number of rotatable bonds is 4. The third-order valence-electron chi connectivity index (χ3n) is 6.99. The summed E-state index contributed by atoms with van der Waals surface area (Å²) in [6, 6.07) is 11.7. The fourth-order valence-corrected chi connectivity index (χ4v) is 5.27. The first-order valence-electron chi connectivity index (χ1n) is 11.1. The van der Waals surface area contributed by atoms with Crippen molar-refractivity contribution in [2.24, 2.45) is 0 Å². The van der Waals surface area contributed by atoms with Crippen molar-refractivity contribution in [2.45, 2.75) is 37.0 Å². The molecule has 0 saturated heterocycles. The minimum atomic E-state index is -0.328. The summed E-state index contributed by atoms with van der Waals surface area (Å²) in [5, 5.41) is 0. The van der Waals surface area contributed by atoms with Crippen LogP contribution in [0.4, 0.5) is 5.69 Å². The van der Waals surface area contributed by atoms with Gasteiger partial charge in [0.1, 0.15) is 12.2 Å². The van der Waals surface area contributed by atoms with Crippen molar-refractivity contribution < 1.29 is 19.0 Å². The summed E-state index contributed by atoms with van der Waals surface area (Å²) in [6.07, 6.45) is 5.45. The van der Waals surface area contributed by atoms with Crippen LogP contribution in [-0.4, -0.2) is 57.9 Å². The maximum Gasteiger partial charge on any atom is 0.338 e. The van der Waals surface area contributed by atoms with Gasteiger partial charge in [-0.05, 0) is 55.9 Å². The Balaban J connectivity index is 1.43. The Morgan fingerprint density at radius 2 is 2.09 bits per heavy atom. The number of esters is 1. The van der Waals surface area contributed by atoms with Crippen molar-refractivity contribution >= 4 is 11.7 Å². The van der Waals surface area contributed by atoms with Crippen LogP contribution in [0.1, 0.15) is 34.3 Å². The highest BCUT2D eigenvalue weighted by Gasteiger charge is 2.53. The van der Waals surface area contributed by atoms with Crippen LogP contribution >= 0.6 is 0 Å². The van der Waals surface area contributed by atoms with Crippen LogP contribution in [0, 0.1) is 0 Å². The normalized spacial score (nSPS) is 25.9. The lowest BCUT2D eigenvalue weighted by Gasteiger charge is -2.36. The highest BCUT2D eigenvalue weighted by Crippen LogP contribution is 2.55. The molecule has 5 rings (SSSR count). The van der Waals surface area contributed by atoms with Gasteiger partial charge in [0.25, 0.3) is 0 Å². The number of carbonyl (C=O) groups is 1. The van der Waals surface area contributed by atoms with Crippen LogP contribution in [0.5, 0.6) is 11.5 Å². The molecular weight excluding hydrogens is 404 g/mol. The molecule has 0 radical (unpaired) electrons. The van der Waals surface area contributed by atoms with E-state index in [2.05, 4.69) is 30.2 Å². The predicted molar refractivity (Wildman–Crippen MR) is 124 cm³/mol. The Bertz CT molecular complexity index is 1080. The molecule has 6 heteroatoms. The molecule has 1 aliphatic carbocycles. The highest BCUT2D eigenvalue weighted by atomic mass is 16.6. The van der Waals surface area contributed by atoms with Crippen LogP contribution in [0.2, 0.25) is 0 Å². The average molecular weight is 435 g/mol. The molecule has 2 heterocycles. The zero-order valence-electron chi connectivity index (χ0n) is 19.1. The van der Waals surface area contributed by atoms with Gasteiger partial charge in [-0.15, -0.1) is 0 Å². The summed E-state index contributed by atoms with van der Waals surface area (Å²) in [5.41, 5.74) is 3.84. The Hall–Kier alpha value is -2.99. The predicted octanol–water partition coefficient (Wildman–Crippen LogP) is 3.78. The fourth-order valence-electron chi connectivity index (χ4n) is 5.27. The maximum atomic E-state index is 12.9. The average Bonchev–Trinajstić information content (AvgIpc) is 3.05. The molecule has 3 aliphatic rings. The van der Waals surface area contributed by atoms with Crippen molar-refractivity contribution in [3.63, 3.8) is 0 Å². The SMILES string of the molecule is COc1ccc2c3c1OC1C[C@@H](OC(=O)c4cccc(N(C)C)c4)C=C[C@@]31CCN(C)C2. The third-order valence-corrected chi connectivity index (χ3v) is 6.99. The van der Waals surface area contributed by atoms with Gasteiger partial charge in [-0.1, -0.05) is 18.2 Å². The molecule has 6 nitrogen and oxygen atoms in total. The molecule has 0 fully saturated rings. The quantitative estimate of drug-likeness (QED) is 0.539. The van der Waals surface area contributed by atoms with E-state index in [9.17, 15) is 4.79 Å². The van der Waals surface area contributed by atoms with Crippen LogP contribution in [-0.2, 0) is 16.7 Å². The number of ether oxygens (including phenoxy) is 3. The minimum Gasteiger partial charge on any atom is -0.493 e. The molecule has 0 aromatic heterocycles. The Labute approximate surface area is 189 Å². The van der Waals surface area contributed by atoms with Crippen molar-refractivity contribution in [1.82, 2.24) is 4.90 Å². The summed E-state index contributed by atoms with van der Waals surface area (Å²) >= 11 is 0. The number of nitrogens with zero attached hydrogens (tertiary/aromatic N) is 2. The van der Waals surface area contributed by atoms with E-state index in [4.69, 9.17) is 14.2 Å². The number of anilines is 1. The van der Waals surface area contributed by atoms with E-state index >= 15 is 0 Å². The molecule has 0 amide bonds. The van der Waals surface area contributed by atoms with E-state index in [1.54, 1.807) is 13.2 Å². The minimum absolute atomic E-state index is 0.0880. The summed E-state index contributed by atoms with van der Waals surface area (Å²) in [5.74, 6) is 1.30. The van der Waals surface area contributed by atoms with E-state index in [0.29, 0.717) is 12.0 Å². The fraction of sp³-hybridized carbons (Fsp3) is 0.423. The summed E-state index contributed by atoms with van der Waals surface area (Å²) in [6.45, 7) is 1.86. The first kappa shape index (κ1) is 20.9. The van der Waals surface area contributed by atoms with E-state index in [1.807, 2.05) is 43.3 Å². The summed E-state index contributed by atoms with van der Waals surface area (Å²) in [7, 11) is 7.75. The van der Waals surface area contributed by atoms with Crippen LogP contribution in [0.25, 0.3) is 0 Å². The second kappa shape index (κ2) is 7.85. The van der Waals surface area contributed by atoms with Crippen molar-refractivity contribution in [3.8, 4) is 11.5 Å². The molecule has 2 aromatic rings. The molecular formula is C26H30N2O4. The molecule has 1 unspecified atom stereocenters. The molecule has 32 heavy (non-hydrogen) atoms. The highest BCUT2D eigenvalue weighted by molar-refractivity contribution is 5.90. The lowest BCUT2D eigenvalue weighted by atomic mass is 9.69. The Kier molecular flexibility index (Phi) is 5.13. The lowest BCUT2D eigenvalue weighted by Crippen LogP contribution is -2.43. The van der Waals surface area contributed by atoms with E-state index in [-0.39, 0.29) is 23.6 Å². The molecule has 168 valence electrons. The second-order valence-electron chi connectivity index (χ2n) is 9.25. The van der Waals surface area contributed by atoms with Gasteiger partial charge in [-0.2, -0.15) is 0 Å². The molecule has 0 bridgehead atoms. The van der Waals surface area contributed by atoms with Gasteiger partial charge >= 0.3 is 5.97 Å². The zero-order valence-corrected chi connectivity index (χ0v) is 19.1. The zero-order chi connectivity index (χ0) is 22.5. The van der Waals surface area contributed by atoms with E-state index < -0.39 is 0 Å². The number of hydrogen-bond acceptors (Lipinski definition) is 6. The van der Waals surface area contributed by atoms with Crippen LogP contribution in [0.3, 0.4) is 0 Å². The maximum absolute atomic E-state index is 12.9. The summed E-state index contributed by atoms with van der Waals surface area (Å²) in [4.78, 5) is 17.2. The molecule has 1 spiro atoms. The number of hydrogen-bond donors (Lipinski definition) is 0. The molecule has 2 aromatic carbocycles. The number of carbonyl (C=O) groups excluding carboxylic acids is 1. The third kappa shape index (κ3) is 3.34. The number of methoxy groups -OCH3 is 1. The largest absolute Gasteiger partial charge is 0.493 e. The Morgan fingerprint density at radius 1 is 1.25 bits per heavy atom. The Morgan fingerprint density at radius 3 is 2.88 bits per heavy atom. The van der Waals surface area contributed by atoms with Crippen LogP contribution in [0.15, 0.2) is 48.6 Å². The first-order chi connectivity index (χ1) is 15.4. The van der Waals surface area contributed by atoms with Crippen molar-refractivity contribution in [1.29, 1.82) is 0 Å². The molecule has 0 saturated carbocycles. The monoisotopic (exact) mass is 434 g/mol. The van der Waals surface area contributed by atoms with Gasteiger partial charge < -0.3 is 24.0 Å². The second-order valence-corrected chi connectivity index (χ2v) is 9.25. The molecule has 0 N–H and O–H groups in total. The van der Waals surface area contributed by atoms with Gasteiger partial charge in [0.15, 0.2) is 11.5 Å².